The number of amides is 2. The molecule has 1 N–H and O–H groups in total. The Labute approximate surface area is 207 Å². The van der Waals surface area contributed by atoms with Crippen molar-refractivity contribution < 1.29 is 23.9 Å². The summed E-state index contributed by atoms with van der Waals surface area (Å²) in [7, 11) is 1.30. The first-order valence-corrected chi connectivity index (χ1v) is 12.3. The lowest BCUT2D eigenvalue weighted by molar-refractivity contribution is -0.150. The van der Waals surface area contributed by atoms with E-state index in [0.717, 1.165) is 42.4 Å². The average Bonchev–Trinajstić information content (AvgIpc) is 3.49. The minimum absolute atomic E-state index is 0.114. The number of hydrogen-bond acceptors (Lipinski definition) is 6. The minimum Gasteiger partial charge on any atom is -0.467 e. The largest absolute Gasteiger partial charge is 0.467 e. The van der Waals surface area contributed by atoms with Crippen molar-refractivity contribution in [2.24, 2.45) is 0 Å². The third-order valence-corrected chi connectivity index (χ3v) is 6.72. The molecule has 0 bridgehead atoms. The summed E-state index contributed by atoms with van der Waals surface area (Å²) in [4.78, 5) is 41.3. The first-order chi connectivity index (χ1) is 16.9. The molecular formula is C27H37N3O5. The Morgan fingerprint density at radius 2 is 2.03 bits per heavy atom. The molecule has 190 valence electrons. The van der Waals surface area contributed by atoms with Crippen molar-refractivity contribution in [2.45, 2.75) is 70.3 Å². The summed E-state index contributed by atoms with van der Waals surface area (Å²) in [5, 5.41) is 3.24. The van der Waals surface area contributed by atoms with Crippen LogP contribution in [0.1, 0.15) is 55.7 Å². The topological polar surface area (TPSA) is 88.2 Å². The van der Waals surface area contributed by atoms with Gasteiger partial charge in [-0.15, -0.1) is 6.58 Å². The van der Waals surface area contributed by atoms with Gasteiger partial charge in [0.05, 0.1) is 26.7 Å². The van der Waals surface area contributed by atoms with Gasteiger partial charge in [0.2, 0.25) is 5.91 Å². The molecule has 0 aromatic heterocycles. The maximum absolute atomic E-state index is 12.9. The SMILES string of the molecule is C=CCCCCC(C)NCC(=O)N1C[C@H](OC(=O)N2Cc3cccc(C=C)c3C2)C[C@H]1C(=O)OC. The number of nitrogens with one attached hydrogen (secondary N) is 1. The van der Waals surface area contributed by atoms with Gasteiger partial charge in [0.25, 0.3) is 0 Å². The summed E-state index contributed by atoms with van der Waals surface area (Å²) in [6, 6.07) is 5.32. The second kappa shape index (κ2) is 12.5. The molecule has 0 aliphatic carbocycles. The summed E-state index contributed by atoms with van der Waals surface area (Å²) in [5.74, 6) is -0.709. The molecule has 8 nitrogen and oxygen atoms in total. The second-order valence-electron chi connectivity index (χ2n) is 9.23. The van der Waals surface area contributed by atoms with E-state index in [1.54, 1.807) is 11.0 Å². The summed E-state index contributed by atoms with van der Waals surface area (Å²) in [6.07, 6.45) is 6.95. The van der Waals surface area contributed by atoms with Gasteiger partial charge in [0.1, 0.15) is 12.1 Å². The lowest BCUT2D eigenvalue weighted by Crippen LogP contribution is -2.46. The molecule has 0 spiro atoms. The number of esters is 1. The van der Waals surface area contributed by atoms with Gasteiger partial charge in [-0.2, -0.15) is 0 Å². The minimum atomic E-state index is -0.766. The number of methoxy groups -OCH3 is 1. The number of fused-ring (bicyclic) bond motifs is 1. The molecular weight excluding hydrogens is 446 g/mol. The maximum atomic E-state index is 12.9. The summed E-state index contributed by atoms with van der Waals surface area (Å²) < 4.78 is 10.7. The quantitative estimate of drug-likeness (QED) is 0.294. The fourth-order valence-electron chi connectivity index (χ4n) is 4.71. The summed E-state index contributed by atoms with van der Waals surface area (Å²) in [5.41, 5.74) is 3.14. The van der Waals surface area contributed by atoms with E-state index in [4.69, 9.17) is 9.47 Å². The van der Waals surface area contributed by atoms with Crippen molar-refractivity contribution in [3.8, 4) is 0 Å². The Morgan fingerprint density at radius 3 is 2.74 bits per heavy atom. The zero-order chi connectivity index (χ0) is 25.4. The van der Waals surface area contributed by atoms with Crippen LogP contribution in [-0.4, -0.2) is 66.2 Å². The highest BCUT2D eigenvalue weighted by molar-refractivity contribution is 5.86. The van der Waals surface area contributed by atoms with E-state index in [0.29, 0.717) is 13.1 Å². The highest BCUT2D eigenvalue weighted by Crippen LogP contribution is 2.29. The van der Waals surface area contributed by atoms with Crippen LogP contribution < -0.4 is 5.32 Å². The average molecular weight is 484 g/mol. The maximum Gasteiger partial charge on any atom is 0.410 e. The fourth-order valence-corrected chi connectivity index (χ4v) is 4.71. The van der Waals surface area contributed by atoms with Crippen molar-refractivity contribution in [3.05, 3.63) is 54.1 Å². The molecule has 8 heteroatoms. The van der Waals surface area contributed by atoms with Crippen LogP contribution in [0.2, 0.25) is 0 Å². The Morgan fingerprint density at radius 1 is 1.23 bits per heavy atom. The first kappa shape index (κ1) is 26.5. The van der Waals surface area contributed by atoms with Gasteiger partial charge in [-0.1, -0.05) is 43.4 Å². The van der Waals surface area contributed by atoms with Crippen molar-refractivity contribution in [3.63, 3.8) is 0 Å². The standard InChI is InChI=1S/C27H37N3O5/c1-5-7-8-9-11-19(3)28-15-25(31)30-17-22(14-24(30)26(32)34-4)35-27(33)29-16-21-13-10-12-20(6-2)23(21)18-29/h5-6,10,12-13,19,22,24,28H,1-2,7-9,11,14-18H2,3-4H3/t19?,22-,24+/m1/s1. The predicted molar refractivity (Wildman–Crippen MR) is 134 cm³/mol. The van der Waals surface area contributed by atoms with Crippen LogP contribution in [-0.2, 0) is 32.2 Å². The molecule has 35 heavy (non-hydrogen) atoms. The normalized spacial score (nSPS) is 19.7. The Balaban J connectivity index is 1.54. The van der Waals surface area contributed by atoms with Crippen LogP contribution in [0.25, 0.3) is 6.08 Å². The third-order valence-electron chi connectivity index (χ3n) is 6.72. The molecule has 0 saturated carbocycles. The molecule has 1 aromatic carbocycles. The molecule has 3 rings (SSSR count). The Bertz CT molecular complexity index is 947. The number of benzene rings is 1. The van der Waals surface area contributed by atoms with Crippen LogP contribution in [0.15, 0.2) is 37.4 Å². The lowest BCUT2D eigenvalue weighted by atomic mass is 10.0. The highest BCUT2D eigenvalue weighted by Gasteiger charge is 2.42. The third kappa shape index (κ3) is 6.72. The molecule has 2 aliphatic rings. The predicted octanol–water partition coefficient (Wildman–Crippen LogP) is 3.65. The number of allylic oxidation sites excluding steroid dienone is 1. The highest BCUT2D eigenvalue weighted by atomic mass is 16.6. The number of likely N-dealkylation sites (tertiary alicyclic amines) is 1. The van der Waals surface area contributed by atoms with E-state index in [1.807, 2.05) is 31.2 Å². The number of ether oxygens (including phenoxy) is 2. The van der Waals surface area contributed by atoms with Crippen molar-refractivity contribution in [2.75, 3.05) is 20.2 Å². The van der Waals surface area contributed by atoms with Gasteiger partial charge in [0.15, 0.2) is 0 Å². The van der Waals surface area contributed by atoms with E-state index in [2.05, 4.69) is 18.5 Å². The van der Waals surface area contributed by atoms with Gasteiger partial charge >= 0.3 is 12.1 Å². The molecule has 1 unspecified atom stereocenters. The van der Waals surface area contributed by atoms with Crippen LogP contribution in [0, 0.1) is 0 Å². The smallest absolute Gasteiger partial charge is 0.410 e. The van der Waals surface area contributed by atoms with Crippen LogP contribution in [0.4, 0.5) is 4.79 Å². The fraction of sp³-hybridized carbons (Fsp3) is 0.519. The van der Waals surface area contributed by atoms with Crippen molar-refractivity contribution in [1.29, 1.82) is 0 Å². The van der Waals surface area contributed by atoms with Crippen LogP contribution in [0.3, 0.4) is 0 Å². The van der Waals surface area contributed by atoms with E-state index in [1.165, 1.54) is 12.0 Å². The Hall–Kier alpha value is -3.13. The van der Waals surface area contributed by atoms with E-state index in [9.17, 15) is 14.4 Å². The number of carbonyl (C=O) groups excluding carboxylic acids is 3. The molecule has 2 amide bonds. The zero-order valence-electron chi connectivity index (χ0n) is 20.8. The first-order valence-electron chi connectivity index (χ1n) is 12.3. The van der Waals surface area contributed by atoms with Gasteiger partial charge < -0.3 is 19.7 Å². The molecule has 0 radical (unpaired) electrons. The van der Waals surface area contributed by atoms with Gasteiger partial charge in [0, 0.05) is 19.0 Å². The number of carbonyl (C=O) groups is 3. The molecule has 2 heterocycles. The summed E-state index contributed by atoms with van der Waals surface area (Å²) >= 11 is 0. The van der Waals surface area contributed by atoms with Gasteiger partial charge in [-0.3, -0.25) is 9.69 Å². The van der Waals surface area contributed by atoms with E-state index < -0.39 is 24.2 Å². The molecule has 1 fully saturated rings. The second-order valence-corrected chi connectivity index (χ2v) is 9.23. The van der Waals surface area contributed by atoms with Crippen LogP contribution >= 0.6 is 0 Å². The van der Waals surface area contributed by atoms with Gasteiger partial charge in [-0.25, -0.2) is 9.59 Å². The number of unbranched alkanes of at least 4 members (excludes halogenated alkanes) is 2. The van der Waals surface area contributed by atoms with Gasteiger partial charge in [-0.05, 0) is 42.9 Å². The number of hydrogen-bond donors (Lipinski definition) is 1. The van der Waals surface area contributed by atoms with Crippen molar-refractivity contribution in [1.82, 2.24) is 15.1 Å². The van der Waals surface area contributed by atoms with E-state index >= 15 is 0 Å². The zero-order valence-corrected chi connectivity index (χ0v) is 20.8. The number of rotatable bonds is 11. The van der Waals surface area contributed by atoms with E-state index in [-0.39, 0.29) is 31.5 Å². The lowest BCUT2D eigenvalue weighted by Gasteiger charge is -2.23. The summed E-state index contributed by atoms with van der Waals surface area (Å²) in [6.45, 7) is 10.8. The Kier molecular flexibility index (Phi) is 9.48. The van der Waals surface area contributed by atoms with Crippen LogP contribution in [0.5, 0.6) is 0 Å². The molecule has 3 atom stereocenters. The molecule has 1 saturated heterocycles. The molecule has 1 aromatic rings. The number of nitrogens with zero attached hydrogens (tertiary/aromatic N) is 2. The molecule has 2 aliphatic heterocycles. The van der Waals surface area contributed by atoms with Crippen molar-refractivity contribution >= 4 is 24.0 Å². The monoisotopic (exact) mass is 483 g/mol.